The van der Waals surface area contributed by atoms with E-state index in [1.807, 2.05) is 20.8 Å². The molecule has 5 nitrogen and oxygen atoms in total. The molecule has 1 N–H and O–H groups in total. The Bertz CT molecular complexity index is 343. The third kappa shape index (κ3) is 3.75. The molecule has 0 aliphatic heterocycles. The average molecular weight is 254 g/mol. The van der Waals surface area contributed by atoms with Gasteiger partial charge in [-0.2, -0.15) is 0 Å². The van der Waals surface area contributed by atoms with E-state index in [0.29, 0.717) is 6.54 Å². The van der Waals surface area contributed by atoms with Gasteiger partial charge in [0.05, 0.1) is 0 Å². The highest BCUT2D eigenvalue weighted by molar-refractivity contribution is 5.81. The van der Waals surface area contributed by atoms with E-state index in [9.17, 15) is 9.59 Å². The molecule has 2 amide bonds. The average Bonchev–Trinajstić information content (AvgIpc) is 3.03. The van der Waals surface area contributed by atoms with Gasteiger partial charge in [0.2, 0.25) is 0 Å². The fraction of sp³-hybridized carbons (Fsp3) is 0.692. The van der Waals surface area contributed by atoms with E-state index in [4.69, 9.17) is 5.11 Å². The lowest BCUT2D eigenvalue weighted by molar-refractivity contribution is -0.138. The molecule has 1 fully saturated rings. The van der Waals surface area contributed by atoms with Gasteiger partial charge >= 0.3 is 12.0 Å². The van der Waals surface area contributed by atoms with Gasteiger partial charge in [-0.3, -0.25) is 4.79 Å². The molecule has 0 aromatic heterocycles. The van der Waals surface area contributed by atoms with Crippen LogP contribution in [0.2, 0.25) is 0 Å². The van der Waals surface area contributed by atoms with Crippen molar-refractivity contribution in [2.75, 3.05) is 13.1 Å². The number of rotatable bonds is 5. The van der Waals surface area contributed by atoms with Crippen molar-refractivity contribution >= 4 is 12.0 Å². The summed E-state index contributed by atoms with van der Waals surface area (Å²) in [6.07, 6.45) is 3.66. The minimum atomic E-state index is -0.993. The van der Waals surface area contributed by atoms with E-state index in [1.54, 1.807) is 11.0 Å². The molecule has 0 spiro atoms. The Morgan fingerprint density at radius 3 is 2.28 bits per heavy atom. The molecule has 0 atom stereocenters. The van der Waals surface area contributed by atoms with Crippen LogP contribution in [-0.2, 0) is 4.79 Å². The van der Waals surface area contributed by atoms with Crippen LogP contribution >= 0.6 is 0 Å². The van der Waals surface area contributed by atoms with Gasteiger partial charge in [-0.05, 0) is 33.6 Å². The predicted octanol–water partition coefficient (Wildman–Crippen LogP) is 1.94. The number of carbonyl (C=O) groups is 2. The van der Waals surface area contributed by atoms with Crippen molar-refractivity contribution in [3.8, 4) is 0 Å². The maximum absolute atomic E-state index is 12.4. The second-order valence-corrected chi connectivity index (χ2v) is 5.61. The molecule has 102 valence electrons. The van der Waals surface area contributed by atoms with Gasteiger partial charge in [0, 0.05) is 18.1 Å². The largest absolute Gasteiger partial charge is 0.480 e. The maximum Gasteiger partial charge on any atom is 0.323 e. The highest BCUT2D eigenvalue weighted by atomic mass is 16.4. The fourth-order valence-electron chi connectivity index (χ4n) is 1.79. The van der Waals surface area contributed by atoms with Crippen molar-refractivity contribution in [2.45, 2.75) is 45.2 Å². The Kier molecular flexibility index (Phi) is 4.38. The third-order valence-electron chi connectivity index (χ3n) is 2.89. The number of carbonyl (C=O) groups excluding carboxylic acids is 1. The summed E-state index contributed by atoms with van der Waals surface area (Å²) in [5.74, 6) is -0.993. The van der Waals surface area contributed by atoms with Gasteiger partial charge < -0.3 is 14.9 Å². The fourth-order valence-corrected chi connectivity index (χ4v) is 1.79. The molecular weight excluding hydrogens is 232 g/mol. The lowest BCUT2D eigenvalue weighted by atomic mass is 10.1. The van der Waals surface area contributed by atoms with Crippen molar-refractivity contribution in [1.29, 1.82) is 0 Å². The molecule has 1 aliphatic rings. The van der Waals surface area contributed by atoms with Gasteiger partial charge in [0.1, 0.15) is 6.54 Å². The number of aliphatic carboxylic acids is 1. The summed E-state index contributed by atoms with van der Waals surface area (Å²) in [4.78, 5) is 26.4. The van der Waals surface area contributed by atoms with Crippen LogP contribution in [0.15, 0.2) is 12.7 Å². The normalized spacial score (nSPS) is 15.1. The number of urea groups is 1. The van der Waals surface area contributed by atoms with E-state index in [0.717, 1.165) is 12.8 Å². The topological polar surface area (TPSA) is 60.9 Å². The van der Waals surface area contributed by atoms with Crippen LogP contribution < -0.4 is 0 Å². The highest BCUT2D eigenvalue weighted by Gasteiger charge is 2.38. The summed E-state index contributed by atoms with van der Waals surface area (Å²) in [6, 6.07) is 0.0291. The van der Waals surface area contributed by atoms with Crippen LogP contribution in [0.5, 0.6) is 0 Å². The molecule has 0 radical (unpaired) electrons. The van der Waals surface area contributed by atoms with Crippen molar-refractivity contribution in [3.05, 3.63) is 12.7 Å². The quantitative estimate of drug-likeness (QED) is 0.763. The molecule has 5 heteroatoms. The van der Waals surface area contributed by atoms with Crippen molar-refractivity contribution in [2.24, 2.45) is 0 Å². The monoisotopic (exact) mass is 254 g/mol. The molecular formula is C13H22N2O3. The first-order chi connectivity index (χ1) is 8.27. The number of amides is 2. The van der Waals surface area contributed by atoms with Crippen LogP contribution in [0.3, 0.4) is 0 Å². The number of carboxylic acid groups (broad SMARTS) is 1. The van der Waals surface area contributed by atoms with Crippen molar-refractivity contribution in [3.63, 3.8) is 0 Å². The number of hydrogen-bond acceptors (Lipinski definition) is 2. The van der Waals surface area contributed by atoms with Crippen LogP contribution in [0.1, 0.15) is 33.6 Å². The van der Waals surface area contributed by atoms with Crippen LogP contribution in [0, 0.1) is 0 Å². The maximum atomic E-state index is 12.4. The zero-order valence-electron chi connectivity index (χ0n) is 11.3. The highest BCUT2D eigenvalue weighted by Crippen LogP contribution is 2.29. The minimum Gasteiger partial charge on any atom is -0.480 e. The van der Waals surface area contributed by atoms with E-state index >= 15 is 0 Å². The first-order valence-electron chi connectivity index (χ1n) is 6.18. The van der Waals surface area contributed by atoms with E-state index in [2.05, 4.69) is 6.58 Å². The zero-order valence-corrected chi connectivity index (χ0v) is 11.3. The second kappa shape index (κ2) is 5.42. The third-order valence-corrected chi connectivity index (χ3v) is 2.89. The van der Waals surface area contributed by atoms with Crippen LogP contribution in [0.4, 0.5) is 4.79 Å². The first kappa shape index (κ1) is 14.5. The molecule has 1 saturated carbocycles. The standard InChI is InChI=1S/C13H22N2O3/c1-5-8-14(10-6-7-10)12(18)15(9-11(16)17)13(2,3)4/h5,10H,1,6-9H2,2-4H3,(H,16,17). The summed E-state index contributed by atoms with van der Waals surface area (Å²) in [7, 11) is 0. The van der Waals surface area contributed by atoms with Crippen molar-refractivity contribution < 1.29 is 14.7 Å². The Hall–Kier alpha value is -1.52. The number of nitrogens with zero attached hydrogens (tertiary/aromatic N) is 2. The summed E-state index contributed by atoms with van der Waals surface area (Å²) < 4.78 is 0. The Labute approximate surface area is 108 Å². The Morgan fingerprint density at radius 2 is 1.94 bits per heavy atom. The van der Waals surface area contributed by atoms with Crippen LogP contribution in [-0.4, -0.2) is 51.6 Å². The molecule has 0 aromatic rings. The lowest BCUT2D eigenvalue weighted by Gasteiger charge is -2.38. The molecule has 0 aromatic carbocycles. The summed E-state index contributed by atoms with van der Waals surface area (Å²) in [5.41, 5.74) is -0.510. The molecule has 0 bridgehead atoms. The molecule has 1 aliphatic carbocycles. The second-order valence-electron chi connectivity index (χ2n) is 5.61. The van der Waals surface area contributed by atoms with E-state index < -0.39 is 11.5 Å². The zero-order chi connectivity index (χ0) is 13.9. The molecule has 18 heavy (non-hydrogen) atoms. The first-order valence-corrected chi connectivity index (χ1v) is 6.18. The number of hydrogen-bond donors (Lipinski definition) is 1. The summed E-state index contributed by atoms with van der Waals surface area (Å²) in [5, 5.41) is 8.93. The van der Waals surface area contributed by atoms with Gasteiger partial charge in [-0.25, -0.2) is 4.79 Å². The molecule has 1 rings (SSSR count). The summed E-state index contributed by atoms with van der Waals surface area (Å²) in [6.45, 7) is 9.36. The van der Waals surface area contributed by atoms with Gasteiger partial charge in [-0.15, -0.1) is 6.58 Å². The summed E-state index contributed by atoms with van der Waals surface area (Å²) >= 11 is 0. The smallest absolute Gasteiger partial charge is 0.323 e. The SMILES string of the molecule is C=CCN(C(=O)N(CC(=O)O)C(C)(C)C)C1CC1. The van der Waals surface area contributed by atoms with E-state index in [-0.39, 0.29) is 18.6 Å². The van der Waals surface area contributed by atoms with Gasteiger partial charge in [0.25, 0.3) is 0 Å². The van der Waals surface area contributed by atoms with Gasteiger partial charge in [0.15, 0.2) is 0 Å². The van der Waals surface area contributed by atoms with Crippen molar-refractivity contribution in [1.82, 2.24) is 9.80 Å². The molecule has 0 saturated heterocycles. The van der Waals surface area contributed by atoms with Crippen LogP contribution in [0.25, 0.3) is 0 Å². The molecule has 0 heterocycles. The van der Waals surface area contributed by atoms with Gasteiger partial charge in [-0.1, -0.05) is 6.08 Å². The minimum absolute atomic E-state index is 0.215. The predicted molar refractivity (Wildman–Crippen MR) is 69.4 cm³/mol. The van der Waals surface area contributed by atoms with E-state index in [1.165, 1.54) is 4.90 Å². The Morgan fingerprint density at radius 1 is 1.39 bits per heavy atom. The lowest BCUT2D eigenvalue weighted by Crippen LogP contribution is -2.54. The molecule has 0 unspecified atom stereocenters. The Balaban J connectivity index is 2.85. The number of carboxylic acids is 1.